The van der Waals surface area contributed by atoms with Crippen molar-refractivity contribution in [3.05, 3.63) is 53.3 Å². The Morgan fingerprint density at radius 3 is 2.63 bits per heavy atom. The molecule has 2 heterocycles. The molecular weight excluding hydrogens is 404 g/mol. The van der Waals surface area contributed by atoms with Gasteiger partial charge in [-0.05, 0) is 37.3 Å². The second kappa shape index (κ2) is 9.84. The highest BCUT2D eigenvalue weighted by atomic mass is 32.1. The molecule has 30 heavy (non-hydrogen) atoms. The van der Waals surface area contributed by atoms with Gasteiger partial charge in [-0.1, -0.05) is 0 Å². The highest BCUT2D eigenvalue weighted by molar-refractivity contribution is 7.17. The fraction of sp³-hybridized carbons (Fsp3) is 0.238. The van der Waals surface area contributed by atoms with Gasteiger partial charge in [0.1, 0.15) is 9.88 Å². The van der Waals surface area contributed by atoms with Crippen molar-refractivity contribution in [1.82, 2.24) is 15.3 Å². The maximum atomic E-state index is 12.5. The molecule has 0 spiro atoms. The summed E-state index contributed by atoms with van der Waals surface area (Å²) >= 11 is 1.29. The van der Waals surface area contributed by atoms with E-state index in [-0.39, 0.29) is 24.8 Å². The van der Waals surface area contributed by atoms with E-state index in [1.807, 2.05) is 12.1 Å². The Morgan fingerprint density at radius 1 is 1.13 bits per heavy atom. The Morgan fingerprint density at radius 2 is 1.93 bits per heavy atom. The number of methoxy groups -OCH3 is 2. The molecule has 0 aliphatic heterocycles. The largest absolute Gasteiger partial charge is 0.493 e. The van der Waals surface area contributed by atoms with Crippen molar-refractivity contribution in [3.8, 4) is 22.1 Å². The van der Waals surface area contributed by atoms with Crippen LogP contribution in [-0.4, -0.2) is 42.5 Å². The number of rotatable bonds is 8. The number of thiazole rings is 1. The van der Waals surface area contributed by atoms with E-state index in [1.165, 1.54) is 11.3 Å². The van der Waals surface area contributed by atoms with Gasteiger partial charge < -0.3 is 20.1 Å². The summed E-state index contributed by atoms with van der Waals surface area (Å²) in [5, 5.41) is 6.20. The second-order valence-electron chi connectivity index (χ2n) is 6.30. The number of nitrogens with zero attached hydrogens (tertiary/aromatic N) is 2. The number of aryl methyl sites for hydroxylation is 1. The van der Waals surface area contributed by atoms with E-state index in [4.69, 9.17) is 9.47 Å². The van der Waals surface area contributed by atoms with Crippen LogP contribution in [0.15, 0.2) is 42.7 Å². The summed E-state index contributed by atoms with van der Waals surface area (Å²) in [6.45, 7) is 2.00. The first-order valence-corrected chi connectivity index (χ1v) is 10.0. The van der Waals surface area contributed by atoms with Crippen molar-refractivity contribution in [2.75, 3.05) is 26.1 Å². The minimum atomic E-state index is -0.258. The number of hydrogen-bond donors (Lipinski definition) is 2. The third-order valence-corrected chi connectivity index (χ3v) is 5.42. The normalized spacial score (nSPS) is 10.4. The number of carbonyl (C=O) groups excluding carboxylic acids is 2. The summed E-state index contributed by atoms with van der Waals surface area (Å²) in [5.74, 6) is 0.756. The molecule has 9 heteroatoms. The molecule has 0 bridgehead atoms. The Balaban J connectivity index is 1.61. The number of pyridine rings is 1. The number of ether oxygens (including phenoxy) is 2. The predicted octanol–water partition coefficient (Wildman–Crippen LogP) is 3.29. The third-order valence-electron chi connectivity index (χ3n) is 4.22. The zero-order valence-electron chi connectivity index (χ0n) is 16.9. The number of anilines is 1. The smallest absolute Gasteiger partial charge is 0.263 e. The van der Waals surface area contributed by atoms with Crippen LogP contribution >= 0.6 is 11.3 Å². The molecule has 0 aliphatic rings. The summed E-state index contributed by atoms with van der Waals surface area (Å²) in [6, 6.07) is 8.97. The lowest BCUT2D eigenvalue weighted by Crippen LogP contribution is -2.27. The first-order valence-electron chi connectivity index (χ1n) is 9.19. The molecule has 0 saturated carbocycles. The Bertz CT molecular complexity index is 1040. The molecule has 3 aromatic rings. The average Bonchev–Trinajstić information content (AvgIpc) is 3.15. The lowest BCUT2D eigenvalue weighted by molar-refractivity contribution is -0.116. The third kappa shape index (κ3) is 5.12. The van der Waals surface area contributed by atoms with Crippen LogP contribution in [0, 0.1) is 6.92 Å². The number of aromatic nitrogens is 2. The Labute approximate surface area is 178 Å². The fourth-order valence-electron chi connectivity index (χ4n) is 2.73. The first-order chi connectivity index (χ1) is 14.5. The molecule has 0 radical (unpaired) electrons. The van der Waals surface area contributed by atoms with Crippen LogP contribution in [0.5, 0.6) is 11.5 Å². The van der Waals surface area contributed by atoms with Crippen molar-refractivity contribution in [1.29, 1.82) is 0 Å². The van der Waals surface area contributed by atoms with Gasteiger partial charge in [-0.2, -0.15) is 0 Å². The predicted molar refractivity (Wildman–Crippen MR) is 115 cm³/mol. The van der Waals surface area contributed by atoms with Gasteiger partial charge in [0.25, 0.3) is 5.91 Å². The summed E-state index contributed by atoms with van der Waals surface area (Å²) in [4.78, 5) is 33.5. The Kier molecular flexibility index (Phi) is 6.97. The summed E-state index contributed by atoms with van der Waals surface area (Å²) in [6.07, 6.45) is 3.34. The number of nitrogens with one attached hydrogen (secondary N) is 2. The number of amides is 2. The van der Waals surface area contributed by atoms with Crippen LogP contribution in [0.3, 0.4) is 0 Å². The van der Waals surface area contributed by atoms with Gasteiger partial charge in [-0.3, -0.25) is 14.6 Å². The van der Waals surface area contributed by atoms with Crippen LogP contribution in [0.2, 0.25) is 0 Å². The SMILES string of the molecule is COc1ccc(-c2nc(C)c(C(=O)NCCC(=O)Nc3cccnc3)s2)cc1OC. The lowest BCUT2D eigenvalue weighted by Gasteiger charge is -2.08. The molecule has 0 fully saturated rings. The monoisotopic (exact) mass is 426 g/mol. The minimum Gasteiger partial charge on any atom is -0.493 e. The van der Waals surface area contributed by atoms with Crippen LogP contribution in [0.4, 0.5) is 5.69 Å². The standard InChI is InChI=1S/C21H22N4O4S/c1-13-19(20(27)23-10-8-18(26)25-15-5-4-9-22-12-15)30-21(24-13)14-6-7-16(28-2)17(11-14)29-3/h4-7,9,11-12H,8,10H2,1-3H3,(H,23,27)(H,25,26). The van der Waals surface area contributed by atoms with Crippen molar-refractivity contribution < 1.29 is 19.1 Å². The van der Waals surface area contributed by atoms with E-state index in [0.717, 1.165) is 5.56 Å². The maximum absolute atomic E-state index is 12.5. The molecule has 2 N–H and O–H groups in total. The molecule has 0 unspecified atom stereocenters. The zero-order valence-corrected chi connectivity index (χ0v) is 17.7. The van der Waals surface area contributed by atoms with Gasteiger partial charge in [0.2, 0.25) is 5.91 Å². The molecule has 8 nitrogen and oxygen atoms in total. The summed E-state index contributed by atoms with van der Waals surface area (Å²) in [7, 11) is 3.14. The van der Waals surface area contributed by atoms with Crippen molar-refractivity contribution in [3.63, 3.8) is 0 Å². The highest BCUT2D eigenvalue weighted by Gasteiger charge is 2.17. The van der Waals surface area contributed by atoms with Crippen LogP contribution in [-0.2, 0) is 4.79 Å². The summed E-state index contributed by atoms with van der Waals surface area (Å²) < 4.78 is 10.6. The maximum Gasteiger partial charge on any atom is 0.263 e. The van der Waals surface area contributed by atoms with Crippen LogP contribution in [0.1, 0.15) is 21.8 Å². The second-order valence-corrected chi connectivity index (χ2v) is 7.30. The highest BCUT2D eigenvalue weighted by Crippen LogP contribution is 2.34. The molecule has 2 amide bonds. The number of carbonyl (C=O) groups is 2. The van der Waals surface area contributed by atoms with E-state index in [0.29, 0.717) is 32.8 Å². The first kappa shape index (κ1) is 21.3. The van der Waals surface area contributed by atoms with Gasteiger partial charge in [-0.15, -0.1) is 11.3 Å². The molecule has 0 saturated heterocycles. The van der Waals surface area contributed by atoms with Gasteiger partial charge in [-0.25, -0.2) is 4.98 Å². The lowest BCUT2D eigenvalue weighted by atomic mass is 10.2. The van der Waals surface area contributed by atoms with Crippen molar-refractivity contribution >= 4 is 28.8 Å². The number of benzene rings is 1. The quantitative estimate of drug-likeness (QED) is 0.573. The molecular formula is C21H22N4O4S. The molecule has 2 aromatic heterocycles. The van der Waals surface area contributed by atoms with E-state index < -0.39 is 0 Å². The summed E-state index contributed by atoms with van der Waals surface area (Å²) in [5.41, 5.74) is 2.07. The molecule has 3 rings (SSSR count). The van der Waals surface area contributed by atoms with E-state index in [2.05, 4.69) is 20.6 Å². The average molecular weight is 426 g/mol. The van der Waals surface area contributed by atoms with Crippen molar-refractivity contribution in [2.24, 2.45) is 0 Å². The van der Waals surface area contributed by atoms with E-state index in [9.17, 15) is 9.59 Å². The van der Waals surface area contributed by atoms with Gasteiger partial charge in [0, 0.05) is 24.7 Å². The number of hydrogen-bond acceptors (Lipinski definition) is 7. The van der Waals surface area contributed by atoms with Gasteiger partial charge in [0.05, 0.1) is 31.8 Å². The van der Waals surface area contributed by atoms with Crippen LogP contribution < -0.4 is 20.1 Å². The van der Waals surface area contributed by atoms with E-state index >= 15 is 0 Å². The van der Waals surface area contributed by atoms with Crippen LogP contribution in [0.25, 0.3) is 10.6 Å². The molecule has 156 valence electrons. The van der Waals surface area contributed by atoms with E-state index in [1.54, 1.807) is 51.7 Å². The minimum absolute atomic E-state index is 0.154. The van der Waals surface area contributed by atoms with Gasteiger partial charge in [0.15, 0.2) is 11.5 Å². The van der Waals surface area contributed by atoms with Gasteiger partial charge >= 0.3 is 0 Å². The zero-order chi connectivity index (χ0) is 21.5. The van der Waals surface area contributed by atoms with Crippen molar-refractivity contribution in [2.45, 2.75) is 13.3 Å². The molecule has 0 aliphatic carbocycles. The fourth-order valence-corrected chi connectivity index (χ4v) is 3.71. The molecule has 1 aromatic carbocycles. The molecule has 0 atom stereocenters. The topological polar surface area (TPSA) is 102 Å². The Hall–Kier alpha value is -3.46.